The number of nitrogens with one attached hydrogen (secondary N) is 1. The Labute approximate surface area is 171 Å². The van der Waals surface area contributed by atoms with Gasteiger partial charge in [0.05, 0.1) is 22.6 Å². The zero-order valence-electron chi connectivity index (χ0n) is 16.0. The molecule has 0 bridgehead atoms. The maximum absolute atomic E-state index is 12.9. The molecule has 150 valence electrons. The van der Waals surface area contributed by atoms with E-state index in [1.807, 2.05) is 13.0 Å². The first-order valence-electron chi connectivity index (χ1n) is 9.37. The first kappa shape index (κ1) is 20.8. The van der Waals surface area contributed by atoms with Gasteiger partial charge in [0, 0.05) is 6.04 Å². The van der Waals surface area contributed by atoms with Gasteiger partial charge in [-0.2, -0.15) is 0 Å². The van der Waals surface area contributed by atoms with Crippen LogP contribution in [0.3, 0.4) is 0 Å². The highest BCUT2D eigenvalue weighted by atomic mass is 35.5. The summed E-state index contributed by atoms with van der Waals surface area (Å²) in [5.41, 5.74) is 3.64. The molecular weight excluding hydrogens is 398 g/mol. The number of fused-ring (bicyclic) bond motifs is 1. The normalized spacial score (nSPS) is 15.0. The van der Waals surface area contributed by atoms with E-state index in [4.69, 9.17) is 11.6 Å². The third-order valence-corrected chi connectivity index (χ3v) is 6.93. The fraction of sp³-hybridized carbons (Fsp3) is 0.381. The molecule has 1 atom stereocenters. The number of benzene rings is 2. The minimum absolute atomic E-state index is 0.0197. The van der Waals surface area contributed by atoms with Gasteiger partial charge >= 0.3 is 5.97 Å². The van der Waals surface area contributed by atoms with Crippen LogP contribution in [-0.2, 0) is 27.6 Å². The third kappa shape index (κ3) is 4.40. The van der Waals surface area contributed by atoms with E-state index in [1.54, 1.807) is 0 Å². The maximum atomic E-state index is 12.9. The Balaban J connectivity index is 1.89. The van der Waals surface area contributed by atoms with Crippen LogP contribution in [0.2, 0.25) is 5.02 Å². The predicted octanol–water partition coefficient (Wildman–Crippen LogP) is 4.44. The van der Waals surface area contributed by atoms with Crippen LogP contribution in [0.5, 0.6) is 0 Å². The van der Waals surface area contributed by atoms with Crippen molar-refractivity contribution < 1.29 is 17.9 Å². The Morgan fingerprint density at radius 2 is 1.86 bits per heavy atom. The molecule has 28 heavy (non-hydrogen) atoms. The molecule has 3 rings (SSSR count). The van der Waals surface area contributed by atoms with Crippen LogP contribution in [0.1, 0.15) is 59.3 Å². The van der Waals surface area contributed by atoms with Crippen LogP contribution in [0.15, 0.2) is 41.3 Å². The standard InChI is InChI=1S/C21H24ClNO4S/c1-3-20(16-9-8-14-6-4-5-7-15(14)12-16)23-28(25,26)17-10-11-19(22)18(13-17)21(24)27-2/h8-13,20,23H,3-7H2,1-2H3/t20-/m0/s1. The van der Waals surface area contributed by atoms with Crippen molar-refractivity contribution in [2.45, 2.75) is 50.0 Å². The predicted molar refractivity (Wildman–Crippen MR) is 109 cm³/mol. The minimum Gasteiger partial charge on any atom is -0.465 e. The van der Waals surface area contributed by atoms with Crippen LogP contribution in [0.4, 0.5) is 0 Å². The van der Waals surface area contributed by atoms with Crippen LogP contribution >= 0.6 is 11.6 Å². The van der Waals surface area contributed by atoms with Crippen molar-refractivity contribution in [3.63, 3.8) is 0 Å². The molecule has 0 amide bonds. The van der Waals surface area contributed by atoms with E-state index in [9.17, 15) is 13.2 Å². The fourth-order valence-corrected chi connectivity index (χ4v) is 5.08. The molecule has 2 aromatic carbocycles. The molecule has 0 fully saturated rings. The van der Waals surface area contributed by atoms with E-state index in [0.717, 1.165) is 18.4 Å². The lowest BCUT2D eigenvalue weighted by molar-refractivity contribution is 0.0600. The average molecular weight is 422 g/mol. The maximum Gasteiger partial charge on any atom is 0.339 e. The minimum atomic E-state index is -3.84. The monoisotopic (exact) mass is 421 g/mol. The summed E-state index contributed by atoms with van der Waals surface area (Å²) in [7, 11) is -2.61. The molecule has 1 aliphatic carbocycles. The number of sulfonamides is 1. The first-order chi connectivity index (χ1) is 13.4. The smallest absolute Gasteiger partial charge is 0.339 e. The quantitative estimate of drug-likeness (QED) is 0.700. The van der Waals surface area contributed by atoms with Gasteiger partial charge in [-0.05, 0) is 67.0 Å². The second-order valence-corrected chi connectivity index (χ2v) is 9.07. The molecule has 0 heterocycles. The molecule has 0 saturated heterocycles. The lowest BCUT2D eigenvalue weighted by atomic mass is 9.89. The van der Waals surface area contributed by atoms with Crippen molar-refractivity contribution >= 4 is 27.6 Å². The molecular formula is C21H24ClNO4S. The Morgan fingerprint density at radius 1 is 1.14 bits per heavy atom. The third-order valence-electron chi connectivity index (χ3n) is 5.13. The van der Waals surface area contributed by atoms with Crippen LogP contribution in [0.25, 0.3) is 0 Å². The second-order valence-electron chi connectivity index (χ2n) is 6.95. The Bertz CT molecular complexity index is 988. The van der Waals surface area contributed by atoms with Gasteiger partial charge in [0.25, 0.3) is 0 Å². The lowest BCUT2D eigenvalue weighted by Crippen LogP contribution is -2.28. The van der Waals surface area contributed by atoms with Gasteiger partial charge in [0.15, 0.2) is 0 Å². The number of halogens is 1. The van der Waals surface area contributed by atoms with Gasteiger partial charge in [-0.1, -0.05) is 36.7 Å². The number of hydrogen-bond donors (Lipinski definition) is 1. The summed E-state index contributed by atoms with van der Waals surface area (Å²) in [5, 5.41) is 0.146. The zero-order chi connectivity index (χ0) is 20.3. The van der Waals surface area contributed by atoms with Gasteiger partial charge in [0.1, 0.15) is 0 Å². The molecule has 0 unspecified atom stereocenters. The van der Waals surface area contributed by atoms with Crippen molar-refractivity contribution in [1.82, 2.24) is 4.72 Å². The van der Waals surface area contributed by atoms with Gasteiger partial charge in [0.2, 0.25) is 10.0 Å². The Morgan fingerprint density at radius 3 is 2.54 bits per heavy atom. The summed E-state index contributed by atoms with van der Waals surface area (Å²) in [4.78, 5) is 11.8. The molecule has 0 radical (unpaired) electrons. The first-order valence-corrected chi connectivity index (χ1v) is 11.2. The average Bonchev–Trinajstić information content (AvgIpc) is 2.71. The highest BCUT2D eigenvalue weighted by molar-refractivity contribution is 7.89. The zero-order valence-corrected chi connectivity index (χ0v) is 17.6. The molecule has 0 saturated carbocycles. The highest BCUT2D eigenvalue weighted by Crippen LogP contribution is 2.28. The van der Waals surface area contributed by atoms with Gasteiger partial charge < -0.3 is 4.74 Å². The van der Waals surface area contributed by atoms with Gasteiger partial charge in [-0.15, -0.1) is 0 Å². The van der Waals surface area contributed by atoms with Crippen LogP contribution in [0, 0.1) is 0 Å². The molecule has 0 aromatic heterocycles. The summed E-state index contributed by atoms with van der Waals surface area (Å²) >= 11 is 6.00. The molecule has 0 aliphatic heterocycles. The second kappa shape index (κ2) is 8.64. The van der Waals surface area contributed by atoms with E-state index in [0.29, 0.717) is 6.42 Å². The fourth-order valence-electron chi connectivity index (χ4n) is 3.55. The molecule has 1 N–H and O–H groups in total. The van der Waals surface area contributed by atoms with Crippen molar-refractivity contribution in [2.24, 2.45) is 0 Å². The number of rotatable bonds is 6. The van der Waals surface area contributed by atoms with Crippen LogP contribution in [-0.4, -0.2) is 21.5 Å². The summed E-state index contributed by atoms with van der Waals surface area (Å²) in [6, 6.07) is 9.90. The Kier molecular flexibility index (Phi) is 6.43. The highest BCUT2D eigenvalue weighted by Gasteiger charge is 2.23. The van der Waals surface area contributed by atoms with Crippen LogP contribution < -0.4 is 4.72 Å². The lowest BCUT2D eigenvalue weighted by Gasteiger charge is -2.22. The van der Waals surface area contributed by atoms with E-state index in [-0.39, 0.29) is 21.5 Å². The number of ether oxygens (including phenoxy) is 1. The Hall–Kier alpha value is -1.89. The largest absolute Gasteiger partial charge is 0.465 e. The van der Waals surface area contributed by atoms with Gasteiger partial charge in [-0.25, -0.2) is 17.9 Å². The topological polar surface area (TPSA) is 72.5 Å². The van der Waals surface area contributed by atoms with Crippen molar-refractivity contribution in [1.29, 1.82) is 0 Å². The number of hydrogen-bond acceptors (Lipinski definition) is 4. The van der Waals surface area contributed by atoms with E-state index < -0.39 is 16.0 Å². The van der Waals surface area contributed by atoms with E-state index >= 15 is 0 Å². The van der Waals surface area contributed by atoms with E-state index in [2.05, 4.69) is 21.6 Å². The van der Waals surface area contributed by atoms with Crippen molar-refractivity contribution in [3.05, 3.63) is 63.7 Å². The van der Waals surface area contributed by atoms with Crippen molar-refractivity contribution in [3.8, 4) is 0 Å². The van der Waals surface area contributed by atoms with E-state index in [1.165, 1.54) is 49.3 Å². The molecule has 2 aromatic rings. The molecule has 5 nitrogen and oxygen atoms in total. The molecule has 7 heteroatoms. The summed E-state index contributed by atoms with van der Waals surface area (Å²) in [6.07, 6.45) is 5.09. The SMILES string of the molecule is CC[C@H](NS(=O)(=O)c1ccc(Cl)c(C(=O)OC)c1)c1ccc2c(c1)CCCC2. The summed E-state index contributed by atoms with van der Waals surface area (Å²) in [6.45, 7) is 1.94. The molecule has 0 spiro atoms. The number of methoxy groups -OCH3 is 1. The van der Waals surface area contributed by atoms with Crippen molar-refractivity contribution in [2.75, 3.05) is 7.11 Å². The summed E-state index contributed by atoms with van der Waals surface area (Å²) < 4.78 is 33.3. The number of esters is 1. The summed E-state index contributed by atoms with van der Waals surface area (Å²) in [5.74, 6) is -0.677. The number of carbonyl (C=O) groups excluding carboxylic acids is 1. The number of aryl methyl sites for hydroxylation is 2. The van der Waals surface area contributed by atoms with Gasteiger partial charge in [-0.3, -0.25) is 0 Å². The number of carbonyl (C=O) groups is 1. The molecule has 1 aliphatic rings.